The molecule has 1 heterocycles. The van der Waals surface area contributed by atoms with Crippen LogP contribution in [0.15, 0.2) is 34.9 Å². The molecule has 0 radical (unpaired) electrons. The van der Waals surface area contributed by atoms with Crippen molar-refractivity contribution in [1.82, 2.24) is 5.16 Å². The minimum Gasteiger partial charge on any atom is -0.486 e. The fourth-order valence-electron chi connectivity index (χ4n) is 1.52. The van der Waals surface area contributed by atoms with Crippen LogP contribution >= 0.6 is 0 Å². The van der Waals surface area contributed by atoms with E-state index in [-0.39, 0.29) is 0 Å². The predicted octanol–water partition coefficient (Wildman–Crippen LogP) is 1.81. The topological polar surface area (TPSA) is 87.6 Å². The second kappa shape index (κ2) is 6.10. The fourth-order valence-corrected chi connectivity index (χ4v) is 1.52. The summed E-state index contributed by atoms with van der Waals surface area (Å²) in [4.78, 5) is 10.9. The summed E-state index contributed by atoms with van der Waals surface area (Å²) in [7, 11) is 0. The number of amides is 1. The minimum absolute atomic E-state index is 0.304. The highest BCUT2D eigenvalue weighted by Gasteiger charge is 2.10. The summed E-state index contributed by atoms with van der Waals surface area (Å²) in [6.07, 6.45) is -0.668. The lowest BCUT2D eigenvalue weighted by Crippen LogP contribution is -2.30. The largest absolute Gasteiger partial charge is 0.486 e. The van der Waals surface area contributed by atoms with Crippen LogP contribution in [-0.2, 0) is 11.4 Å². The second-order valence-corrected chi connectivity index (χ2v) is 4.36. The van der Waals surface area contributed by atoms with Crippen molar-refractivity contribution in [2.75, 3.05) is 0 Å². The van der Waals surface area contributed by atoms with Crippen molar-refractivity contribution in [3.8, 4) is 11.5 Å². The normalized spacial score (nSPS) is 11.9. The van der Waals surface area contributed by atoms with Gasteiger partial charge in [-0.1, -0.05) is 5.16 Å². The Morgan fingerprint density at radius 3 is 2.55 bits per heavy atom. The number of aromatic nitrogens is 1. The third kappa shape index (κ3) is 3.74. The lowest BCUT2D eigenvalue weighted by molar-refractivity contribution is -0.123. The van der Waals surface area contributed by atoms with Gasteiger partial charge in [0, 0.05) is 6.07 Å². The molecule has 0 aliphatic rings. The number of nitrogens with two attached hydrogens (primary N) is 1. The summed E-state index contributed by atoms with van der Waals surface area (Å²) in [5.41, 5.74) is 5.94. The summed E-state index contributed by atoms with van der Waals surface area (Å²) < 4.78 is 15.9. The molecule has 0 unspecified atom stereocenters. The zero-order chi connectivity index (χ0) is 14.5. The molecule has 1 amide bonds. The van der Waals surface area contributed by atoms with Gasteiger partial charge in [-0.3, -0.25) is 4.79 Å². The van der Waals surface area contributed by atoms with E-state index in [1.807, 2.05) is 13.0 Å². The molecule has 1 aromatic carbocycles. The SMILES string of the molecule is Cc1cc(COc2ccc(O[C@H](C)C(N)=O)cc2)on1. The molecule has 0 aliphatic heterocycles. The third-order valence-corrected chi connectivity index (χ3v) is 2.60. The molecule has 0 bridgehead atoms. The first kappa shape index (κ1) is 13.9. The Hall–Kier alpha value is -2.50. The fraction of sp³-hybridized carbons (Fsp3) is 0.286. The third-order valence-electron chi connectivity index (χ3n) is 2.60. The highest BCUT2D eigenvalue weighted by Crippen LogP contribution is 2.19. The molecule has 0 fully saturated rings. The quantitative estimate of drug-likeness (QED) is 0.869. The maximum atomic E-state index is 10.9. The van der Waals surface area contributed by atoms with Crippen molar-refractivity contribution in [2.45, 2.75) is 26.6 Å². The summed E-state index contributed by atoms with van der Waals surface area (Å²) in [5.74, 6) is 1.37. The van der Waals surface area contributed by atoms with Gasteiger partial charge in [0.25, 0.3) is 5.91 Å². The maximum Gasteiger partial charge on any atom is 0.258 e. The van der Waals surface area contributed by atoms with Crippen LogP contribution in [0.3, 0.4) is 0 Å². The summed E-state index contributed by atoms with van der Waals surface area (Å²) in [6, 6.07) is 8.71. The highest BCUT2D eigenvalue weighted by atomic mass is 16.5. The summed E-state index contributed by atoms with van der Waals surface area (Å²) in [5, 5.41) is 3.77. The Labute approximate surface area is 116 Å². The van der Waals surface area contributed by atoms with E-state index in [0.29, 0.717) is 23.9 Å². The first-order valence-electron chi connectivity index (χ1n) is 6.15. The maximum absolute atomic E-state index is 10.9. The van der Waals surface area contributed by atoms with Crippen LogP contribution in [0, 0.1) is 6.92 Å². The molecule has 0 saturated carbocycles. The van der Waals surface area contributed by atoms with Crippen LogP contribution in [0.1, 0.15) is 18.4 Å². The molecule has 1 aromatic heterocycles. The average Bonchev–Trinajstić information content (AvgIpc) is 2.83. The van der Waals surface area contributed by atoms with Crippen LogP contribution in [0.5, 0.6) is 11.5 Å². The van der Waals surface area contributed by atoms with Gasteiger partial charge >= 0.3 is 0 Å². The van der Waals surface area contributed by atoms with Crippen molar-refractivity contribution in [3.63, 3.8) is 0 Å². The van der Waals surface area contributed by atoms with E-state index in [4.69, 9.17) is 19.7 Å². The number of carbonyl (C=O) groups is 1. The smallest absolute Gasteiger partial charge is 0.258 e. The van der Waals surface area contributed by atoms with E-state index in [9.17, 15) is 4.79 Å². The molecule has 6 heteroatoms. The van der Waals surface area contributed by atoms with Gasteiger partial charge in [0.15, 0.2) is 11.9 Å². The first-order chi connectivity index (χ1) is 9.54. The molecule has 1 atom stereocenters. The van der Waals surface area contributed by atoms with E-state index < -0.39 is 12.0 Å². The monoisotopic (exact) mass is 276 g/mol. The molecular weight excluding hydrogens is 260 g/mol. The molecule has 2 N–H and O–H groups in total. The van der Waals surface area contributed by atoms with Crippen molar-refractivity contribution in [2.24, 2.45) is 5.73 Å². The van der Waals surface area contributed by atoms with Gasteiger partial charge in [-0.05, 0) is 38.1 Å². The lowest BCUT2D eigenvalue weighted by Gasteiger charge is -2.11. The molecular formula is C14H16N2O4. The second-order valence-electron chi connectivity index (χ2n) is 4.36. The Balaban J connectivity index is 1.89. The number of nitrogens with zero attached hydrogens (tertiary/aromatic N) is 1. The molecule has 2 rings (SSSR count). The zero-order valence-electron chi connectivity index (χ0n) is 11.3. The van der Waals surface area contributed by atoms with Gasteiger partial charge in [-0.25, -0.2) is 0 Å². The average molecular weight is 276 g/mol. The Bertz CT molecular complexity index is 577. The van der Waals surface area contributed by atoms with Gasteiger partial charge in [0.1, 0.15) is 18.1 Å². The number of aryl methyl sites for hydroxylation is 1. The predicted molar refractivity (Wildman–Crippen MR) is 71.3 cm³/mol. The van der Waals surface area contributed by atoms with E-state index in [1.165, 1.54) is 0 Å². The molecule has 106 valence electrons. The molecule has 0 aliphatic carbocycles. The Kier molecular flexibility index (Phi) is 4.24. The Morgan fingerprint density at radius 1 is 1.35 bits per heavy atom. The molecule has 0 saturated heterocycles. The number of benzene rings is 1. The minimum atomic E-state index is -0.668. The van der Waals surface area contributed by atoms with Gasteiger partial charge in [0.2, 0.25) is 0 Å². The van der Waals surface area contributed by atoms with Crippen LogP contribution in [0.4, 0.5) is 0 Å². The molecule has 0 spiro atoms. The molecule has 20 heavy (non-hydrogen) atoms. The number of primary amides is 1. The number of ether oxygens (including phenoxy) is 2. The Morgan fingerprint density at radius 2 is 2.00 bits per heavy atom. The van der Waals surface area contributed by atoms with Crippen molar-refractivity contribution >= 4 is 5.91 Å². The molecule has 2 aromatic rings. The van der Waals surface area contributed by atoms with Crippen molar-refractivity contribution in [1.29, 1.82) is 0 Å². The molecule has 6 nitrogen and oxygen atoms in total. The number of carbonyl (C=O) groups excluding carboxylic acids is 1. The van der Waals surface area contributed by atoms with Crippen LogP contribution < -0.4 is 15.2 Å². The van der Waals surface area contributed by atoms with Gasteiger partial charge in [-0.2, -0.15) is 0 Å². The number of hydrogen-bond donors (Lipinski definition) is 1. The standard InChI is InChI=1S/C14H16N2O4/c1-9-7-13(20-16-9)8-18-11-3-5-12(6-4-11)19-10(2)14(15)17/h3-7,10H,8H2,1-2H3,(H2,15,17)/t10-/m1/s1. The van der Waals surface area contributed by atoms with E-state index in [0.717, 1.165) is 5.69 Å². The highest BCUT2D eigenvalue weighted by molar-refractivity contribution is 5.78. The van der Waals surface area contributed by atoms with Gasteiger partial charge in [0.05, 0.1) is 5.69 Å². The van der Waals surface area contributed by atoms with Gasteiger partial charge in [-0.15, -0.1) is 0 Å². The lowest BCUT2D eigenvalue weighted by atomic mass is 10.3. The number of rotatable bonds is 6. The van der Waals surface area contributed by atoms with Gasteiger partial charge < -0.3 is 19.7 Å². The van der Waals surface area contributed by atoms with Crippen molar-refractivity contribution < 1.29 is 18.8 Å². The summed E-state index contributed by atoms with van der Waals surface area (Å²) >= 11 is 0. The van der Waals surface area contributed by atoms with E-state index >= 15 is 0 Å². The van der Waals surface area contributed by atoms with E-state index in [1.54, 1.807) is 31.2 Å². The van der Waals surface area contributed by atoms with Crippen LogP contribution in [0.25, 0.3) is 0 Å². The first-order valence-corrected chi connectivity index (χ1v) is 6.15. The van der Waals surface area contributed by atoms with Crippen LogP contribution in [0.2, 0.25) is 0 Å². The summed E-state index contributed by atoms with van der Waals surface area (Å²) in [6.45, 7) is 3.75. The van der Waals surface area contributed by atoms with Crippen molar-refractivity contribution in [3.05, 3.63) is 41.8 Å². The van der Waals surface area contributed by atoms with Crippen LogP contribution in [-0.4, -0.2) is 17.2 Å². The number of hydrogen-bond acceptors (Lipinski definition) is 5. The van der Waals surface area contributed by atoms with E-state index in [2.05, 4.69) is 5.16 Å². The zero-order valence-corrected chi connectivity index (χ0v) is 11.3.